The van der Waals surface area contributed by atoms with E-state index in [1.165, 1.54) is 180 Å². The van der Waals surface area contributed by atoms with E-state index in [-0.39, 0.29) is 24.9 Å². The molecule has 1 amide bonds. The van der Waals surface area contributed by atoms with Gasteiger partial charge in [0.25, 0.3) is 0 Å². The van der Waals surface area contributed by atoms with Gasteiger partial charge in [-0.2, -0.15) is 0 Å². The number of unbranched alkanes of at least 4 members (excludes halogenated alkanes) is 32. The molecular formula is C51H99NO5. The summed E-state index contributed by atoms with van der Waals surface area (Å²) >= 11 is 0. The maximum Gasteiger partial charge on any atom is 0.306 e. The average molecular weight is 806 g/mol. The Morgan fingerprint density at radius 3 is 1.25 bits per heavy atom. The largest absolute Gasteiger partial charge is 0.462 e. The molecular weight excluding hydrogens is 707 g/mol. The van der Waals surface area contributed by atoms with Crippen LogP contribution in [-0.4, -0.2) is 46.9 Å². The number of nitrogens with one attached hydrogen (secondary N) is 1. The van der Waals surface area contributed by atoms with Crippen LogP contribution in [0.1, 0.15) is 278 Å². The predicted molar refractivity (Wildman–Crippen MR) is 246 cm³/mol. The van der Waals surface area contributed by atoms with Crippen molar-refractivity contribution in [1.29, 1.82) is 0 Å². The van der Waals surface area contributed by atoms with Crippen LogP contribution in [0.4, 0.5) is 0 Å². The van der Waals surface area contributed by atoms with Crippen LogP contribution < -0.4 is 5.32 Å². The third kappa shape index (κ3) is 41.1. The van der Waals surface area contributed by atoms with Crippen molar-refractivity contribution in [2.24, 2.45) is 0 Å². The standard InChI is InChI=1S/C51H99NO5/c1-4-7-10-13-16-19-21-23-24-25-27-28-31-34-37-40-43-49(54)48(46-53)52-50(55)45-47(42-39-36-33-30-18-15-12-9-6-3)57-51(56)44-41-38-35-32-29-26-22-20-17-14-11-8-5-2/h26,29,47-49,53-54H,4-25,27-28,30-46H2,1-3H3,(H,52,55)/b29-26-. The van der Waals surface area contributed by atoms with Gasteiger partial charge in [-0.15, -0.1) is 0 Å². The molecule has 0 rings (SSSR count). The summed E-state index contributed by atoms with van der Waals surface area (Å²) in [7, 11) is 0. The first-order valence-corrected chi connectivity index (χ1v) is 25.4. The van der Waals surface area contributed by atoms with Crippen molar-refractivity contribution in [1.82, 2.24) is 5.32 Å². The summed E-state index contributed by atoms with van der Waals surface area (Å²) in [6, 6.07) is -0.697. The second kappa shape index (κ2) is 45.7. The van der Waals surface area contributed by atoms with Gasteiger partial charge in [0.2, 0.25) is 5.91 Å². The molecule has 0 aliphatic rings. The minimum absolute atomic E-state index is 0.0778. The SMILES string of the molecule is CCCCCCCC/C=C\CCCCCC(=O)OC(CCCCCCCCCCC)CC(=O)NC(CO)C(O)CCCCCCCCCCCCCCCCCC. The number of amides is 1. The zero-order valence-electron chi connectivity index (χ0n) is 38.5. The number of carbonyl (C=O) groups is 2. The number of aliphatic hydroxyl groups is 2. The van der Waals surface area contributed by atoms with E-state index in [2.05, 4.69) is 38.2 Å². The summed E-state index contributed by atoms with van der Waals surface area (Å²) in [6.45, 7) is 6.48. The normalized spacial score (nSPS) is 13.3. The van der Waals surface area contributed by atoms with Crippen molar-refractivity contribution >= 4 is 11.9 Å². The van der Waals surface area contributed by atoms with Gasteiger partial charge in [-0.1, -0.05) is 226 Å². The maximum absolute atomic E-state index is 13.1. The zero-order chi connectivity index (χ0) is 41.7. The fraction of sp³-hybridized carbons (Fsp3) is 0.922. The van der Waals surface area contributed by atoms with Crippen molar-refractivity contribution in [2.75, 3.05) is 6.61 Å². The molecule has 0 aromatic heterocycles. The second-order valence-corrected chi connectivity index (χ2v) is 17.6. The molecule has 0 radical (unpaired) electrons. The van der Waals surface area contributed by atoms with E-state index in [0.29, 0.717) is 19.3 Å². The van der Waals surface area contributed by atoms with Gasteiger partial charge in [0.1, 0.15) is 6.10 Å². The van der Waals surface area contributed by atoms with Gasteiger partial charge in [0.15, 0.2) is 0 Å². The molecule has 0 aliphatic carbocycles. The highest BCUT2D eigenvalue weighted by molar-refractivity contribution is 5.77. The molecule has 0 heterocycles. The van der Waals surface area contributed by atoms with Crippen LogP contribution in [0.5, 0.6) is 0 Å². The first-order chi connectivity index (χ1) is 28.0. The molecule has 6 nitrogen and oxygen atoms in total. The fourth-order valence-electron chi connectivity index (χ4n) is 7.96. The van der Waals surface area contributed by atoms with Gasteiger partial charge in [-0.25, -0.2) is 0 Å². The molecule has 3 N–H and O–H groups in total. The topological polar surface area (TPSA) is 95.9 Å². The molecule has 3 atom stereocenters. The van der Waals surface area contributed by atoms with Gasteiger partial charge in [0.05, 0.1) is 25.2 Å². The number of ether oxygens (including phenoxy) is 1. The summed E-state index contributed by atoms with van der Waals surface area (Å²) in [5.74, 6) is -0.480. The Morgan fingerprint density at radius 2 is 0.842 bits per heavy atom. The molecule has 0 aliphatic heterocycles. The lowest BCUT2D eigenvalue weighted by molar-refractivity contribution is -0.151. The van der Waals surface area contributed by atoms with Gasteiger partial charge in [0, 0.05) is 6.42 Å². The summed E-state index contributed by atoms with van der Waals surface area (Å²) in [5, 5.41) is 23.7. The monoisotopic (exact) mass is 806 g/mol. The van der Waals surface area contributed by atoms with Gasteiger partial charge < -0.3 is 20.3 Å². The molecule has 3 unspecified atom stereocenters. The predicted octanol–water partition coefficient (Wildman–Crippen LogP) is 15.0. The summed E-state index contributed by atoms with van der Waals surface area (Å²) in [6.07, 6.45) is 49.9. The lowest BCUT2D eigenvalue weighted by Crippen LogP contribution is -2.46. The Balaban J connectivity index is 4.43. The highest BCUT2D eigenvalue weighted by Crippen LogP contribution is 2.18. The quantitative estimate of drug-likeness (QED) is 0.0323. The number of hydrogen-bond donors (Lipinski definition) is 3. The first kappa shape index (κ1) is 55.6. The van der Waals surface area contributed by atoms with Crippen LogP contribution in [0.2, 0.25) is 0 Å². The number of aliphatic hydroxyl groups excluding tert-OH is 2. The lowest BCUT2D eigenvalue weighted by Gasteiger charge is -2.24. The zero-order valence-corrected chi connectivity index (χ0v) is 38.5. The highest BCUT2D eigenvalue weighted by Gasteiger charge is 2.24. The van der Waals surface area contributed by atoms with Gasteiger partial charge in [-0.3, -0.25) is 9.59 Å². The molecule has 0 fully saturated rings. The Bertz CT molecular complexity index is 863. The molecule has 0 saturated heterocycles. The number of esters is 1. The molecule has 0 aromatic carbocycles. The number of rotatable bonds is 46. The maximum atomic E-state index is 13.1. The summed E-state index contributed by atoms with van der Waals surface area (Å²) in [5.41, 5.74) is 0. The van der Waals surface area contributed by atoms with Gasteiger partial charge in [-0.05, 0) is 51.4 Å². The third-order valence-electron chi connectivity index (χ3n) is 11.8. The Labute approximate surface area is 355 Å². The number of hydrogen-bond acceptors (Lipinski definition) is 5. The molecule has 0 spiro atoms. The van der Waals surface area contributed by atoms with Crippen molar-refractivity contribution in [2.45, 2.75) is 296 Å². The van der Waals surface area contributed by atoms with Crippen molar-refractivity contribution < 1.29 is 24.5 Å². The van der Waals surface area contributed by atoms with Crippen molar-refractivity contribution in [3.05, 3.63) is 12.2 Å². The van der Waals surface area contributed by atoms with Crippen LogP contribution >= 0.6 is 0 Å². The lowest BCUT2D eigenvalue weighted by atomic mass is 10.0. The van der Waals surface area contributed by atoms with Crippen LogP contribution in [0.25, 0.3) is 0 Å². The molecule has 6 heteroatoms. The third-order valence-corrected chi connectivity index (χ3v) is 11.8. The summed E-state index contributed by atoms with van der Waals surface area (Å²) in [4.78, 5) is 26.0. The molecule has 0 saturated carbocycles. The van der Waals surface area contributed by atoms with E-state index in [9.17, 15) is 19.8 Å². The minimum atomic E-state index is -0.783. The van der Waals surface area contributed by atoms with E-state index in [4.69, 9.17) is 4.74 Å². The average Bonchev–Trinajstić information content (AvgIpc) is 3.20. The molecule has 338 valence electrons. The van der Waals surface area contributed by atoms with E-state index in [1.54, 1.807) is 0 Å². The van der Waals surface area contributed by atoms with Crippen LogP contribution in [-0.2, 0) is 14.3 Å². The summed E-state index contributed by atoms with van der Waals surface area (Å²) < 4.78 is 5.90. The minimum Gasteiger partial charge on any atom is -0.462 e. The van der Waals surface area contributed by atoms with Crippen LogP contribution in [0.15, 0.2) is 12.2 Å². The Morgan fingerprint density at radius 1 is 0.491 bits per heavy atom. The second-order valence-electron chi connectivity index (χ2n) is 17.6. The van der Waals surface area contributed by atoms with Crippen molar-refractivity contribution in [3.63, 3.8) is 0 Å². The molecule has 0 aromatic rings. The highest BCUT2D eigenvalue weighted by atomic mass is 16.5. The van der Waals surface area contributed by atoms with E-state index >= 15 is 0 Å². The van der Waals surface area contributed by atoms with E-state index < -0.39 is 18.2 Å². The fourth-order valence-corrected chi connectivity index (χ4v) is 7.96. The van der Waals surface area contributed by atoms with Crippen molar-refractivity contribution in [3.8, 4) is 0 Å². The van der Waals surface area contributed by atoms with E-state index in [0.717, 1.165) is 51.4 Å². The van der Waals surface area contributed by atoms with E-state index in [1.807, 2.05) is 0 Å². The molecule has 0 bridgehead atoms. The molecule has 57 heavy (non-hydrogen) atoms. The smallest absolute Gasteiger partial charge is 0.306 e. The van der Waals surface area contributed by atoms with Crippen LogP contribution in [0, 0.1) is 0 Å². The Kier molecular flexibility index (Phi) is 44.6. The number of allylic oxidation sites excluding steroid dienone is 2. The first-order valence-electron chi connectivity index (χ1n) is 25.4. The van der Waals surface area contributed by atoms with Crippen LogP contribution in [0.3, 0.4) is 0 Å². The number of carbonyl (C=O) groups excluding carboxylic acids is 2. The van der Waals surface area contributed by atoms with Gasteiger partial charge >= 0.3 is 5.97 Å². The Hall–Kier alpha value is -1.40.